The number of aliphatic carboxylic acids is 1. The first-order valence-corrected chi connectivity index (χ1v) is 12.0. The lowest BCUT2D eigenvalue weighted by Gasteiger charge is -2.33. The SMILES string of the molecule is O=C(Nc1ccccc1Oc1ccccc1)c1ccc2c(c1)C1(CCCCC1)CN2.O=C(O)C(F)(F)F. The number of para-hydroxylation sites is 3. The molecule has 1 heterocycles. The van der Waals surface area contributed by atoms with E-state index in [0.717, 1.165) is 12.3 Å². The van der Waals surface area contributed by atoms with E-state index in [1.807, 2.05) is 60.7 Å². The number of benzene rings is 3. The van der Waals surface area contributed by atoms with E-state index in [0.29, 0.717) is 17.0 Å². The summed E-state index contributed by atoms with van der Waals surface area (Å²) in [5.41, 5.74) is 4.04. The molecule has 3 N–H and O–H groups in total. The molecule has 6 nitrogen and oxygen atoms in total. The lowest BCUT2D eigenvalue weighted by atomic mass is 9.70. The molecule has 9 heteroatoms. The van der Waals surface area contributed by atoms with Crippen molar-refractivity contribution in [3.8, 4) is 11.5 Å². The van der Waals surface area contributed by atoms with Crippen molar-refractivity contribution in [3.05, 3.63) is 83.9 Å². The van der Waals surface area contributed by atoms with E-state index in [9.17, 15) is 18.0 Å². The zero-order chi connectivity index (χ0) is 26.5. The van der Waals surface area contributed by atoms with Crippen molar-refractivity contribution in [3.63, 3.8) is 0 Å². The predicted molar refractivity (Wildman–Crippen MR) is 134 cm³/mol. The Morgan fingerprint density at radius 1 is 0.919 bits per heavy atom. The number of anilines is 2. The number of carboxylic acid groups (broad SMARTS) is 1. The molecule has 1 amide bonds. The third kappa shape index (κ3) is 6.22. The Kier molecular flexibility index (Phi) is 7.71. The number of ether oxygens (including phenoxy) is 1. The van der Waals surface area contributed by atoms with Crippen LogP contribution < -0.4 is 15.4 Å². The van der Waals surface area contributed by atoms with Crippen LogP contribution in [0.25, 0.3) is 0 Å². The molecule has 37 heavy (non-hydrogen) atoms. The number of amides is 1. The van der Waals surface area contributed by atoms with E-state index < -0.39 is 12.1 Å². The number of hydrogen-bond acceptors (Lipinski definition) is 4. The Balaban J connectivity index is 0.000000405. The highest BCUT2D eigenvalue weighted by Crippen LogP contribution is 2.46. The molecule has 0 radical (unpaired) electrons. The number of carbonyl (C=O) groups excluding carboxylic acids is 1. The topological polar surface area (TPSA) is 87.7 Å². The fourth-order valence-electron chi connectivity index (χ4n) is 4.78. The van der Waals surface area contributed by atoms with E-state index in [4.69, 9.17) is 14.6 Å². The Morgan fingerprint density at radius 3 is 2.24 bits per heavy atom. The molecular weight excluding hydrogens is 485 g/mol. The molecule has 1 aliphatic heterocycles. The zero-order valence-electron chi connectivity index (χ0n) is 20.0. The molecular formula is C28H27F3N2O4. The van der Waals surface area contributed by atoms with Crippen molar-refractivity contribution in [1.29, 1.82) is 0 Å². The van der Waals surface area contributed by atoms with Gasteiger partial charge in [0.1, 0.15) is 5.75 Å². The van der Waals surface area contributed by atoms with Gasteiger partial charge in [0.15, 0.2) is 5.75 Å². The van der Waals surface area contributed by atoms with Gasteiger partial charge < -0.3 is 20.5 Å². The molecule has 3 aromatic rings. The van der Waals surface area contributed by atoms with E-state index in [1.54, 1.807) is 0 Å². The van der Waals surface area contributed by atoms with Gasteiger partial charge in [-0.15, -0.1) is 0 Å². The maximum atomic E-state index is 13.1. The average Bonchev–Trinajstić information content (AvgIpc) is 3.23. The monoisotopic (exact) mass is 512 g/mol. The largest absolute Gasteiger partial charge is 0.490 e. The number of halogens is 3. The van der Waals surface area contributed by atoms with Crippen LogP contribution in [0.5, 0.6) is 11.5 Å². The maximum Gasteiger partial charge on any atom is 0.490 e. The smallest absolute Gasteiger partial charge is 0.475 e. The Bertz CT molecular complexity index is 1250. The molecule has 3 aromatic carbocycles. The number of carbonyl (C=O) groups is 2. The van der Waals surface area contributed by atoms with Gasteiger partial charge in [-0.25, -0.2) is 4.79 Å². The van der Waals surface area contributed by atoms with Crippen LogP contribution >= 0.6 is 0 Å². The molecule has 0 saturated heterocycles. The summed E-state index contributed by atoms with van der Waals surface area (Å²) >= 11 is 0. The fraction of sp³-hybridized carbons (Fsp3) is 0.286. The summed E-state index contributed by atoms with van der Waals surface area (Å²) in [6, 6.07) is 23.2. The van der Waals surface area contributed by atoms with Gasteiger partial charge in [0.05, 0.1) is 5.69 Å². The van der Waals surface area contributed by atoms with Gasteiger partial charge in [-0.2, -0.15) is 13.2 Å². The third-order valence-electron chi connectivity index (χ3n) is 6.63. The summed E-state index contributed by atoms with van der Waals surface area (Å²) in [6.45, 7) is 0.987. The highest BCUT2D eigenvalue weighted by Gasteiger charge is 2.40. The van der Waals surface area contributed by atoms with Crippen LogP contribution in [0.4, 0.5) is 24.5 Å². The first-order chi connectivity index (χ1) is 17.7. The summed E-state index contributed by atoms with van der Waals surface area (Å²) < 4.78 is 37.7. The van der Waals surface area contributed by atoms with Gasteiger partial charge in [0.2, 0.25) is 0 Å². The average molecular weight is 513 g/mol. The maximum absolute atomic E-state index is 13.1. The number of fused-ring (bicyclic) bond motifs is 2. The lowest BCUT2D eigenvalue weighted by Crippen LogP contribution is -2.31. The van der Waals surface area contributed by atoms with Crippen molar-refractivity contribution in [1.82, 2.24) is 0 Å². The molecule has 1 fully saturated rings. The molecule has 0 atom stereocenters. The van der Waals surface area contributed by atoms with E-state index in [-0.39, 0.29) is 11.3 Å². The van der Waals surface area contributed by atoms with E-state index >= 15 is 0 Å². The molecule has 1 spiro atoms. The van der Waals surface area contributed by atoms with Crippen molar-refractivity contribution in [2.45, 2.75) is 43.7 Å². The second-order valence-electron chi connectivity index (χ2n) is 9.12. The van der Waals surface area contributed by atoms with Gasteiger partial charge in [-0.05, 0) is 60.9 Å². The van der Waals surface area contributed by atoms with Crippen molar-refractivity contribution in [2.24, 2.45) is 0 Å². The summed E-state index contributed by atoms with van der Waals surface area (Å²) in [6.07, 6.45) is 1.16. The number of carboxylic acids is 1. The van der Waals surface area contributed by atoms with Crippen molar-refractivity contribution >= 4 is 23.3 Å². The highest BCUT2D eigenvalue weighted by molar-refractivity contribution is 6.05. The van der Waals surface area contributed by atoms with Crippen LogP contribution in [0.1, 0.15) is 48.0 Å². The van der Waals surface area contributed by atoms with Crippen LogP contribution in [-0.2, 0) is 10.2 Å². The Labute approximate surface area is 212 Å². The first-order valence-electron chi connectivity index (χ1n) is 12.0. The molecule has 1 saturated carbocycles. The molecule has 5 rings (SSSR count). The van der Waals surface area contributed by atoms with E-state index in [1.165, 1.54) is 43.4 Å². The minimum Gasteiger partial charge on any atom is -0.475 e. The van der Waals surface area contributed by atoms with Crippen LogP contribution in [0.2, 0.25) is 0 Å². The van der Waals surface area contributed by atoms with Crippen LogP contribution in [-0.4, -0.2) is 29.7 Å². The zero-order valence-corrected chi connectivity index (χ0v) is 20.0. The molecule has 0 bridgehead atoms. The number of nitrogens with one attached hydrogen (secondary N) is 2. The summed E-state index contributed by atoms with van der Waals surface area (Å²) in [5, 5.41) is 13.7. The normalized spacial score (nSPS) is 15.5. The van der Waals surface area contributed by atoms with Crippen LogP contribution in [0, 0.1) is 0 Å². The molecule has 0 unspecified atom stereocenters. The van der Waals surface area contributed by atoms with Crippen molar-refractivity contribution < 1.29 is 32.6 Å². The van der Waals surface area contributed by atoms with Crippen molar-refractivity contribution in [2.75, 3.05) is 17.2 Å². The molecule has 1 aliphatic carbocycles. The number of rotatable bonds is 4. The predicted octanol–water partition coefficient (Wildman–Crippen LogP) is 6.99. The standard InChI is InChI=1S/C26H26N2O2.C2HF3O2/c29-25(28-23-11-5-6-12-24(23)30-20-9-3-1-4-10-20)19-13-14-22-21(17-19)26(18-27-22)15-7-2-8-16-26;3-2(4,5)1(6)7/h1,3-6,9-14,17,27H,2,7-8,15-16,18H2,(H,28,29);(H,6,7). The molecule has 194 valence electrons. The highest BCUT2D eigenvalue weighted by atomic mass is 19.4. The van der Waals surface area contributed by atoms with Crippen LogP contribution in [0.3, 0.4) is 0 Å². The van der Waals surface area contributed by atoms with Gasteiger partial charge in [-0.1, -0.05) is 49.6 Å². The minimum atomic E-state index is -5.08. The molecule has 0 aromatic heterocycles. The third-order valence-corrected chi connectivity index (χ3v) is 6.63. The molecule has 2 aliphatic rings. The quantitative estimate of drug-likeness (QED) is 0.351. The summed E-state index contributed by atoms with van der Waals surface area (Å²) in [5.74, 6) is -1.50. The lowest BCUT2D eigenvalue weighted by molar-refractivity contribution is -0.192. The van der Waals surface area contributed by atoms with Gasteiger partial charge in [0, 0.05) is 23.2 Å². The minimum absolute atomic E-state index is 0.111. The summed E-state index contributed by atoms with van der Waals surface area (Å²) in [7, 11) is 0. The van der Waals surface area contributed by atoms with Gasteiger partial charge in [0.25, 0.3) is 5.91 Å². The Morgan fingerprint density at radius 2 is 1.57 bits per heavy atom. The van der Waals surface area contributed by atoms with Gasteiger partial charge >= 0.3 is 12.1 Å². The fourth-order valence-corrected chi connectivity index (χ4v) is 4.78. The number of hydrogen-bond donors (Lipinski definition) is 3. The van der Waals surface area contributed by atoms with Gasteiger partial charge in [-0.3, -0.25) is 4.79 Å². The first kappa shape index (κ1) is 26.1. The number of alkyl halides is 3. The second-order valence-corrected chi connectivity index (χ2v) is 9.12. The summed E-state index contributed by atoms with van der Waals surface area (Å²) in [4.78, 5) is 22.0. The van der Waals surface area contributed by atoms with E-state index in [2.05, 4.69) is 22.8 Å². The second kappa shape index (κ2) is 10.9. The van der Waals surface area contributed by atoms with Crippen LogP contribution in [0.15, 0.2) is 72.8 Å². The Hall–Kier alpha value is -4.01.